The maximum atomic E-state index is 13.7. The fourth-order valence-electron chi connectivity index (χ4n) is 5.78. The molecule has 0 aliphatic heterocycles. The van der Waals surface area contributed by atoms with Crippen LogP contribution in [0.1, 0.15) is 45.8 Å². The lowest BCUT2D eigenvalue weighted by molar-refractivity contribution is -0.137. The van der Waals surface area contributed by atoms with Gasteiger partial charge >= 0.3 is 6.18 Å². The topological polar surface area (TPSA) is 54.5 Å². The third kappa shape index (κ3) is 10.9. The van der Waals surface area contributed by atoms with Crippen LogP contribution in [0, 0.1) is 0 Å². The minimum absolute atomic E-state index is 0.0142. The summed E-state index contributed by atoms with van der Waals surface area (Å²) in [4.78, 5) is 19.0. The van der Waals surface area contributed by atoms with Crippen molar-refractivity contribution in [3.8, 4) is 5.75 Å². The number of pyridine rings is 1. The van der Waals surface area contributed by atoms with E-state index in [4.69, 9.17) is 16.3 Å². The maximum absolute atomic E-state index is 13.7. The molecule has 0 bridgehead atoms. The zero-order valence-electron chi connectivity index (χ0n) is 27.1. The van der Waals surface area contributed by atoms with Gasteiger partial charge in [-0.2, -0.15) is 13.2 Å². The van der Waals surface area contributed by atoms with E-state index in [0.29, 0.717) is 50.4 Å². The quantitative estimate of drug-likeness (QED) is 0.106. The van der Waals surface area contributed by atoms with Gasteiger partial charge in [-0.3, -0.25) is 14.7 Å². The van der Waals surface area contributed by atoms with E-state index < -0.39 is 11.7 Å². The highest BCUT2D eigenvalue weighted by Crippen LogP contribution is 2.37. The monoisotopic (exact) mass is 685 g/mol. The van der Waals surface area contributed by atoms with E-state index >= 15 is 0 Å². The maximum Gasteiger partial charge on any atom is 0.417 e. The van der Waals surface area contributed by atoms with Crippen LogP contribution >= 0.6 is 11.6 Å². The summed E-state index contributed by atoms with van der Waals surface area (Å²) in [7, 11) is 0. The first-order chi connectivity index (χ1) is 23.8. The van der Waals surface area contributed by atoms with Gasteiger partial charge in [0.15, 0.2) is 0 Å². The molecule has 1 amide bonds. The number of nitrogens with zero attached hydrogens (tertiary/aromatic N) is 2. The molecule has 0 fully saturated rings. The standard InChI is InChI=1S/C40H39ClF3N3O2/c41-39-33(17-10-20-37(39)40(42,43)44)28-47(29-36(31-13-3-1-4-14-31)32-15-5-2-6-16-32)24-11-25-49-35-19-9-12-30(26-35)27-38(48)46-23-21-34-18-7-8-22-45-34/h1-10,12-20,22,26,36H,11,21,23-25,27-29H2,(H,46,48). The second kappa shape index (κ2) is 17.7. The Labute approximate surface area is 290 Å². The lowest BCUT2D eigenvalue weighted by Gasteiger charge is -2.29. The first-order valence-corrected chi connectivity index (χ1v) is 16.7. The van der Waals surface area contributed by atoms with Crippen molar-refractivity contribution in [1.29, 1.82) is 0 Å². The van der Waals surface area contributed by atoms with Crippen LogP contribution < -0.4 is 10.1 Å². The van der Waals surface area contributed by atoms with E-state index in [1.54, 1.807) is 12.3 Å². The molecule has 9 heteroatoms. The average Bonchev–Trinajstić information content (AvgIpc) is 3.10. The van der Waals surface area contributed by atoms with Crippen LogP contribution in [-0.2, 0) is 30.4 Å². The van der Waals surface area contributed by atoms with Crippen molar-refractivity contribution in [2.75, 3.05) is 26.2 Å². The molecule has 4 aromatic carbocycles. The number of rotatable bonds is 16. The Hall–Kier alpha value is -4.66. The van der Waals surface area contributed by atoms with Crippen LogP contribution in [0.4, 0.5) is 13.2 Å². The second-order valence-corrected chi connectivity index (χ2v) is 12.2. The molecule has 0 unspecified atom stereocenters. The van der Waals surface area contributed by atoms with Gasteiger partial charge < -0.3 is 10.1 Å². The Morgan fingerprint density at radius 2 is 1.55 bits per heavy atom. The molecule has 0 spiro atoms. The molecule has 0 aliphatic rings. The summed E-state index contributed by atoms with van der Waals surface area (Å²) in [6.07, 6.45) is -1.31. The number of benzene rings is 4. The van der Waals surface area contributed by atoms with Gasteiger partial charge in [0.25, 0.3) is 0 Å². The molecular formula is C40H39ClF3N3O2. The van der Waals surface area contributed by atoms with Gasteiger partial charge in [0.05, 0.1) is 23.6 Å². The van der Waals surface area contributed by atoms with E-state index in [1.165, 1.54) is 6.07 Å². The van der Waals surface area contributed by atoms with Crippen molar-refractivity contribution >= 4 is 17.5 Å². The Morgan fingerprint density at radius 1 is 0.857 bits per heavy atom. The summed E-state index contributed by atoms with van der Waals surface area (Å²) in [6, 6.07) is 37.4. The lowest BCUT2D eigenvalue weighted by atomic mass is 9.90. The zero-order valence-corrected chi connectivity index (χ0v) is 27.8. The SMILES string of the molecule is O=C(Cc1cccc(OCCCN(Cc2cccc(C(F)(F)F)c2Cl)CC(c2ccccc2)c2ccccc2)c1)NCCc1ccccn1. The Balaban J connectivity index is 1.23. The number of aromatic nitrogens is 1. The molecule has 0 atom stereocenters. The summed E-state index contributed by atoms with van der Waals surface area (Å²) in [5, 5.41) is 2.67. The Bertz CT molecular complexity index is 1720. The molecule has 1 N–H and O–H groups in total. The van der Waals surface area contributed by atoms with E-state index in [9.17, 15) is 18.0 Å². The van der Waals surface area contributed by atoms with Gasteiger partial charge in [-0.1, -0.05) is 103 Å². The summed E-state index contributed by atoms with van der Waals surface area (Å²) >= 11 is 6.35. The third-order valence-electron chi connectivity index (χ3n) is 8.20. The fourth-order valence-corrected chi connectivity index (χ4v) is 6.07. The van der Waals surface area contributed by atoms with Crippen molar-refractivity contribution in [1.82, 2.24) is 15.2 Å². The van der Waals surface area contributed by atoms with Crippen LogP contribution in [0.2, 0.25) is 5.02 Å². The van der Waals surface area contributed by atoms with E-state index in [-0.39, 0.29) is 29.8 Å². The molecule has 0 aliphatic carbocycles. The molecule has 5 aromatic rings. The Kier molecular flexibility index (Phi) is 12.8. The smallest absolute Gasteiger partial charge is 0.417 e. The molecule has 5 rings (SSSR count). The summed E-state index contributed by atoms with van der Waals surface area (Å²) < 4.78 is 47.2. The minimum Gasteiger partial charge on any atom is -0.494 e. The number of carbonyl (C=O) groups is 1. The highest BCUT2D eigenvalue weighted by atomic mass is 35.5. The molecule has 1 heterocycles. The van der Waals surface area contributed by atoms with Crippen molar-refractivity contribution < 1.29 is 22.7 Å². The van der Waals surface area contributed by atoms with Crippen molar-refractivity contribution in [2.24, 2.45) is 0 Å². The number of nitrogens with one attached hydrogen (secondary N) is 1. The number of hydrogen-bond donors (Lipinski definition) is 1. The normalized spacial score (nSPS) is 11.6. The van der Waals surface area contributed by atoms with Gasteiger partial charge in [0, 0.05) is 50.4 Å². The molecular weight excluding hydrogens is 647 g/mol. The molecule has 1 aromatic heterocycles. The van der Waals surface area contributed by atoms with Crippen LogP contribution in [0.5, 0.6) is 5.75 Å². The van der Waals surface area contributed by atoms with Gasteiger partial charge in [-0.05, 0) is 59.0 Å². The molecule has 0 saturated heterocycles. The van der Waals surface area contributed by atoms with E-state index in [0.717, 1.165) is 28.5 Å². The highest BCUT2D eigenvalue weighted by molar-refractivity contribution is 6.32. The van der Waals surface area contributed by atoms with E-state index in [2.05, 4.69) is 39.5 Å². The van der Waals surface area contributed by atoms with Crippen molar-refractivity contribution in [3.05, 3.63) is 166 Å². The van der Waals surface area contributed by atoms with Crippen molar-refractivity contribution in [3.63, 3.8) is 0 Å². The molecule has 0 saturated carbocycles. The number of amides is 1. The summed E-state index contributed by atoms with van der Waals surface area (Å²) in [6.45, 7) is 2.24. The summed E-state index contributed by atoms with van der Waals surface area (Å²) in [5.41, 5.74) is 3.57. The fraction of sp³-hybridized carbons (Fsp3) is 0.250. The predicted molar refractivity (Wildman–Crippen MR) is 188 cm³/mol. The number of hydrogen-bond acceptors (Lipinski definition) is 4. The molecule has 49 heavy (non-hydrogen) atoms. The molecule has 254 valence electrons. The van der Waals surface area contributed by atoms with Gasteiger partial charge in [-0.25, -0.2) is 0 Å². The number of alkyl halides is 3. The van der Waals surface area contributed by atoms with Crippen LogP contribution in [-0.4, -0.2) is 42.0 Å². The van der Waals surface area contributed by atoms with Crippen LogP contribution in [0.3, 0.4) is 0 Å². The number of carbonyl (C=O) groups excluding carboxylic acids is 1. The zero-order chi connectivity index (χ0) is 34.5. The lowest BCUT2D eigenvalue weighted by Crippen LogP contribution is -2.31. The highest BCUT2D eigenvalue weighted by Gasteiger charge is 2.34. The second-order valence-electron chi connectivity index (χ2n) is 11.8. The molecule has 5 nitrogen and oxygen atoms in total. The largest absolute Gasteiger partial charge is 0.494 e. The van der Waals surface area contributed by atoms with Gasteiger partial charge in [-0.15, -0.1) is 0 Å². The minimum atomic E-state index is -4.54. The predicted octanol–water partition coefficient (Wildman–Crippen LogP) is 8.76. The van der Waals surface area contributed by atoms with Crippen molar-refractivity contribution in [2.45, 2.75) is 37.9 Å². The Morgan fingerprint density at radius 3 is 2.22 bits per heavy atom. The summed E-state index contributed by atoms with van der Waals surface area (Å²) in [5.74, 6) is 0.556. The van der Waals surface area contributed by atoms with Gasteiger partial charge in [0.2, 0.25) is 5.91 Å². The average molecular weight is 686 g/mol. The number of ether oxygens (including phenoxy) is 1. The molecule has 0 radical (unpaired) electrons. The first kappa shape index (κ1) is 35.6. The van der Waals surface area contributed by atoms with Gasteiger partial charge in [0.1, 0.15) is 5.75 Å². The third-order valence-corrected chi connectivity index (χ3v) is 8.65. The van der Waals surface area contributed by atoms with E-state index in [1.807, 2.05) is 78.9 Å². The number of halogens is 4. The van der Waals surface area contributed by atoms with Crippen LogP contribution in [0.15, 0.2) is 128 Å². The van der Waals surface area contributed by atoms with Crippen LogP contribution in [0.25, 0.3) is 0 Å². The first-order valence-electron chi connectivity index (χ1n) is 16.3.